The molecule has 1 heterocycles. The molecule has 1 saturated heterocycles. The van der Waals surface area contributed by atoms with E-state index in [1.54, 1.807) is 0 Å². The van der Waals surface area contributed by atoms with E-state index in [1.807, 2.05) is 6.07 Å². The first-order chi connectivity index (χ1) is 8.24. The maximum absolute atomic E-state index is 8.91. The standard InChI is InChI=1S/C14H17BrN2/c1-2-11-4-3-7-17(10-11)13-6-5-12(9-16)14(15)8-13/h5-6,8,11H,2-4,7,10H2,1H3. The van der Waals surface area contributed by atoms with Gasteiger partial charge in [0.25, 0.3) is 0 Å². The zero-order valence-corrected chi connectivity index (χ0v) is 11.7. The average molecular weight is 293 g/mol. The van der Waals surface area contributed by atoms with Crippen LogP contribution >= 0.6 is 15.9 Å². The van der Waals surface area contributed by atoms with Gasteiger partial charge in [0.05, 0.1) is 5.56 Å². The molecule has 1 fully saturated rings. The lowest BCUT2D eigenvalue weighted by Crippen LogP contribution is -2.35. The van der Waals surface area contributed by atoms with Gasteiger partial charge >= 0.3 is 0 Å². The summed E-state index contributed by atoms with van der Waals surface area (Å²) in [5.74, 6) is 0.818. The topological polar surface area (TPSA) is 27.0 Å². The van der Waals surface area contributed by atoms with Crippen LogP contribution in [0.4, 0.5) is 5.69 Å². The van der Waals surface area contributed by atoms with E-state index in [2.05, 4.69) is 46.0 Å². The summed E-state index contributed by atoms with van der Waals surface area (Å²) >= 11 is 3.46. The maximum atomic E-state index is 8.91. The van der Waals surface area contributed by atoms with Gasteiger partial charge in [0, 0.05) is 23.2 Å². The van der Waals surface area contributed by atoms with Crippen LogP contribution in [0, 0.1) is 17.2 Å². The minimum Gasteiger partial charge on any atom is -0.371 e. The Balaban J connectivity index is 2.17. The van der Waals surface area contributed by atoms with Gasteiger partial charge in [-0.3, -0.25) is 0 Å². The monoisotopic (exact) mass is 292 g/mol. The highest BCUT2D eigenvalue weighted by Crippen LogP contribution is 2.28. The summed E-state index contributed by atoms with van der Waals surface area (Å²) in [6.45, 7) is 4.55. The molecule has 0 saturated carbocycles. The molecule has 0 N–H and O–H groups in total. The molecule has 1 aliphatic heterocycles. The fraction of sp³-hybridized carbons (Fsp3) is 0.500. The van der Waals surface area contributed by atoms with Gasteiger partial charge in [-0.25, -0.2) is 0 Å². The van der Waals surface area contributed by atoms with Crippen molar-refractivity contribution < 1.29 is 0 Å². The van der Waals surface area contributed by atoms with Gasteiger partial charge < -0.3 is 4.90 Å². The predicted molar refractivity (Wildman–Crippen MR) is 74.1 cm³/mol. The summed E-state index contributed by atoms with van der Waals surface area (Å²) in [6.07, 6.45) is 3.88. The van der Waals surface area contributed by atoms with Crippen molar-refractivity contribution in [2.75, 3.05) is 18.0 Å². The molecular weight excluding hydrogens is 276 g/mol. The van der Waals surface area contributed by atoms with Crippen LogP contribution < -0.4 is 4.90 Å². The fourth-order valence-corrected chi connectivity index (χ4v) is 2.88. The molecule has 0 radical (unpaired) electrons. The van der Waals surface area contributed by atoms with Gasteiger partial charge in [-0.15, -0.1) is 0 Å². The Morgan fingerprint density at radius 2 is 2.35 bits per heavy atom. The summed E-state index contributed by atoms with van der Waals surface area (Å²) in [4.78, 5) is 2.43. The normalized spacial score (nSPS) is 20.1. The van der Waals surface area contributed by atoms with Crippen molar-refractivity contribution in [2.24, 2.45) is 5.92 Å². The number of nitriles is 1. The number of hydrogen-bond donors (Lipinski definition) is 0. The lowest BCUT2D eigenvalue weighted by Gasteiger charge is -2.34. The summed E-state index contributed by atoms with van der Waals surface area (Å²) in [5.41, 5.74) is 1.94. The lowest BCUT2D eigenvalue weighted by molar-refractivity contribution is 0.404. The third kappa shape index (κ3) is 2.81. The van der Waals surface area contributed by atoms with E-state index in [-0.39, 0.29) is 0 Å². The van der Waals surface area contributed by atoms with E-state index in [9.17, 15) is 0 Å². The van der Waals surface area contributed by atoms with Gasteiger partial charge in [-0.2, -0.15) is 5.26 Å². The smallest absolute Gasteiger partial charge is 0.100 e. The van der Waals surface area contributed by atoms with Crippen molar-refractivity contribution in [3.05, 3.63) is 28.2 Å². The number of anilines is 1. The molecule has 1 aromatic carbocycles. The Labute approximate surface area is 111 Å². The largest absolute Gasteiger partial charge is 0.371 e. The molecule has 17 heavy (non-hydrogen) atoms. The first kappa shape index (κ1) is 12.4. The SMILES string of the molecule is CCC1CCCN(c2ccc(C#N)c(Br)c2)C1. The first-order valence-electron chi connectivity index (χ1n) is 6.19. The van der Waals surface area contributed by atoms with Gasteiger partial charge in [-0.05, 0) is 52.9 Å². The van der Waals surface area contributed by atoms with Crippen LogP contribution in [0.25, 0.3) is 0 Å². The van der Waals surface area contributed by atoms with Crippen molar-refractivity contribution in [3.8, 4) is 6.07 Å². The predicted octanol–water partition coefficient (Wildman–Crippen LogP) is 3.95. The second-order valence-corrected chi connectivity index (χ2v) is 5.49. The minimum atomic E-state index is 0.706. The molecule has 0 aromatic heterocycles. The molecular formula is C14H17BrN2. The van der Waals surface area contributed by atoms with Gasteiger partial charge in [0.1, 0.15) is 6.07 Å². The Morgan fingerprint density at radius 3 is 3.00 bits per heavy atom. The van der Waals surface area contributed by atoms with E-state index in [0.29, 0.717) is 5.56 Å². The van der Waals surface area contributed by atoms with Crippen molar-refractivity contribution in [1.82, 2.24) is 0 Å². The number of piperidine rings is 1. The molecule has 1 aliphatic rings. The summed E-state index contributed by atoms with van der Waals surface area (Å²) < 4.78 is 0.899. The summed E-state index contributed by atoms with van der Waals surface area (Å²) in [7, 11) is 0. The van der Waals surface area contributed by atoms with E-state index in [1.165, 1.54) is 24.9 Å². The summed E-state index contributed by atoms with van der Waals surface area (Å²) in [6, 6.07) is 8.20. The van der Waals surface area contributed by atoms with Gasteiger partial charge in [0.2, 0.25) is 0 Å². The maximum Gasteiger partial charge on any atom is 0.100 e. The van der Waals surface area contributed by atoms with Gasteiger partial charge in [0.15, 0.2) is 0 Å². The highest BCUT2D eigenvalue weighted by atomic mass is 79.9. The average Bonchev–Trinajstić information content (AvgIpc) is 2.38. The number of benzene rings is 1. The first-order valence-corrected chi connectivity index (χ1v) is 6.98. The van der Waals surface area contributed by atoms with Crippen LogP contribution in [-0.4, -0.2) is 13.1 Å². The van der Waals surface area contributed by atoms with Gasteiger partial charge in [-0.1, -0.05) is 13.3 Å². The van der Waals surface area contributed by atoms with Crippen molar-refractivity contribution >= 4 is 21.6 Å². The highest BCUT2D eigenvalue weighted by Gasteiger charge is 2.19. The number of halogens is 1. The van der Waals surface area contributed by atoms with Crippen molar-refractivity contribution in [2.45, 2.75) is 26.2 Å². The van der Waals surface area contributed by atoms with E-state index >= 15 is 0 Å². The van der Waals surface area contributed by atoms with Crippen LogP contribution in [-0.2, 0) is 0 Å². The van der Waals surface area contributed by atoms with E-state index < -0.39 is 0 Å². The van der Waals surface area contributed by atoms with E-state index in [4.69, 9.17) is 5.26 Å². The minimum absolute atomic E-state index is 0.706. The Kier molecular flexibility index (Phi) is 4.06. The van der Waals surface area contributed by atoms with Crippen LogP contribution in [0.5, 0.6) is 0 Å². The third-order valence-electron chi connectivity index (χ3n) is 3.53. The van der Waals surface area contributed by atoms with Crippen LogP contribution in [0.3, 0.4) is 0 Å². The lowest BCUT2D eigenvalue weighted by atomic mass is 9.95. The second-order valence-electron chi connectivity index (χ2n) is 4.64. The van der Waals surface area contributed by atoms with Crippen molar-refractivity contribution in [3.63, 3.8) is 0 Å². The zero-order valence-electron chi connectivity index (χ0n) is 10.1. The van der Waals surface area contributed by atoms with Crippen LogP contribution in [0.2, 0.25) is 0 Å². The summed E-state index contributed by atoms with van der Waals surface area (Å²) in [5, 5.41) is 8.91. The molecule has 1 atom stereocenters. The Bertz CT molecular complexity index is 436. The van der Waals surface area contributed by atoms with Crippen molar-refractivity contribution in [1.29, 1.82) is 5.26 Å². The molecule has 0 bridgehead atoms. The Morgan fingerprint density at radius 1 is 1.53 bits per heavy atom. The molecule has 2 nitrogen and oxygen atoms in total. The quantitative estimate of drug-likeness (QED) is 0.825. The molecule has 0 aliphatic carbocycles. The zero-order chi connectivity index (χ0) is 12.3. The molecule has 3 heteroatoms. The van der Waals surface area contributed by atoms with Crippen LogP contribution in [0.1, 0.15) is 31.7 Å². The van der Waals surface area contributed by atoms with Crippen LogP contribution in [0.15, 0.2) is 22.7 Å². The third-order valence-corrected chi connectivity index (χ3v) is 4.19. The number of hydrogen-bond acceptors (Lipinski definition) is 2. The molecule has 1 unspecified atom stereocenters. The Hall–Kier alpha value is -1.01. The molecule has 0 amide bonds. The highest BCUT2D eigenvalue weighted by molar-refractivity contribution is 9.10. The molecule has 1 aromatic rings. The second kappa shape index (κ2) is 5.55. The van der Waals surface area contributed by atoms with E-state index in [0.717, 1.165) is 23.5 Å². The number of nitrogens with zero attached hydrogens (tertiary/aromatic N) is 2. The molecule has 0 spiro atoms. The molecule has 2 rings (SSSR count). The molecule has 90 valence electrons. The number of rotatable bonds is 2. The fourth-order valence-electron chi connectivity index (χ4n) is 2.42.